The maximum Gasteiger partial charge on any atom is 0.261 e. The van der Waals surface area contributed by atoms with Crippen molar-refractivity contribution in [2.45, 2.75) is 32.2 Å². The van der Waals surface area contributed by atoms with Gasteiger partial charge in [0.05, 0.1) is 27.9 Å². The van der Waals surface area contributed by atoms with Crippen molar-refractivity contribution in [3.8, 4) is 0 Å². The van der Waals surface area contributed by atoms with Crippen LogP contribution in [-0.2, 0) is 11.3 Å². The zero-order valence-electron chi connectivity index (χ0n) is 15.8. The fourth-order valence-corrected chi connectivity index (χ4v) is 4.40. The number of anilines is 1. The minimum Gasteiger partial charge on any atom is -0.325 e. The lowest BCUT2D eigenvalue weighted by molar-refractivity contribution is -0.121. The summed E-state index contributed by atoms with van der Waals surface area (Å²) in [7, 11) is 0. The molecule has 1 N–H and O–H groups in total. The molecule has 1 amide bonds. The fraction of sp³-hybridized carbons (Fsp3) is 0.318. The summed E-state index contributed by atoms with van der Waals surface area (Å²) in [6.07, 6.45) is 5.00. The van der Waals surface area contributed by atoms with E-state index in [9.17, 15) is 9.59 Å². The predicted molar refractivity (Wildman–Crippen MR) is 117 cm³/mol. The van der Waals surface area contributed by atoms with Gasteiger partial charge in [-0.1, -0.05) is 35.3 Å². The molecular weight excluding hydrogens is 409 g/mol. The molecule has 0 bridgehead atoms. The predicted octanol–water partition coefficient (Wildman–Crippen LogP) is 5.15. The molecule has 1 heterocycles. The highest BCUT2D eigenvalue weighted by molar-refractivity contribution is 6.36. The Morgan fingerprint density at radius 2 is 1.86 bits per heavy atom. The minimum absolute atomic E-state index is 0.00662. The molecule has 5 nitrogen and oxygen atoms in total. The number of amides is 1. The number of nitrogens with zero attached hydrogens (tertiary/aromatic N) is 2. The molecule has 0 atom stereocenters. The fourth-order valence-electron chi connectivity index (χ4n) is 3.95. The lowest BCUT2D eigenvalue weighted by Crippen LogP contribution is -2.30. The first-order valence-corrected chi connectivity index (χ1v) is 10.5. The van der Waals surface area contributed by atoms with E-state index in [-0.39, 0.29) is 17.4 Å². The number of nitrogens with one attached hydrogen (secondary N) is 1. The molecule has 1 fully saturated rings. The Hall–Kier alpha value is -2.37. The lowest BCUT2D eigenvalue weighted by atomic mass is 9.81. The molecule has 0 unspecified atom stereocenters. The summed E-state index contributed by atoms with van der Waals surface area (Å²) >= 11 is 12.0. The average Bonchev–Trinajstić information content (AvgIpc) is 2.73. The number of halogens is 2. The highest BCUT2D eigenvalue weighted by atomic mass is 35.5. The maximum absolute atomic E-state index is 12.7. The zero-order chi connectivity index (χ0) is 20.4. The van der Waals surface area contributed by atoms with Gasteiger partial charge in [-0.05, 0) is 61.9 Å². The first-order chi connectivity index (χ1) is 14.0. The summed E-state index contributed by atoms with van der Waals surface area (Å²) in [5.41, 5.74) is 1.29. The molecule has 4 rings (SSSR count). The number of hydrogen-bond donors (Lipinski definition) is 1. The van der Waals surface area contributed by atoms with E-state index in [2.05, 4.69) is 10.3 Å². The van der Waals surface area contributed by atoms with Crippen LogP contribution in [0.15, 0.2) is 53.6 Å². The van der Waals surface area contributed by atoms with Gasteiger partial charge in [-0.15, -0.1) is 0 Å². The molecule has 1 aromatic heterocycles. The van der Waals surface area contributed by atoms with Gasteiger partial charge in [0.2, 0.25) is 5.91 Å². The van der Waals surface area contributed by atoms with Gasteiger partial charge < -0.3 is 5.32 Å². The third kappa shape index (κ3) is 4.46. The summed E-state index contributed by atoms with van der Waals surface area (Å²) in [5.74, 6) is 0.292. The minimum atomic E-state index is -0.0514. The van der Waals surface area contributed by atoms with Gasteiger partial charge in [-0.25, -0.2) is 4.98 Å². The molecule has 1 aliphatic carbocycles. The van der Waals surface area contributed by atoms with E-state index in [1.165, 1.54) is 0 Å². The number of benzene rings is 2. The monoisotopic (exact) mass is 429 g/mol. The lowest BCUT2D eigenvalue weighted by Gasteiger charge is -2.28. The molecule has 0 aliphatic heterocycles. The van der Waals surface area contributed by atoms with E-state index in [0.717, 1.165) is 31.2 Å². The van der Waals surface area contributed by atoms with Crippen molar-refractivity contribution in [2.24, 2.45) is 11.8 Å². The van der Waals surface area contributed by atoms with Crippen molar-refractivity contribution in [3.63, 3.8) is 0 Å². The second-order valence-electron chi connectivity index (χ2n) is 7.55. The van der Waals surface area contributed by atoms with Crippen molar-refractivity contribution in [1.82, 2.24) is 9.55 Å². The van der Waals surface area contributed by atoms with E-state index < -0.39 is 0 Å². The van der Waals surface area contributed by atoms with Crippen LogP contribution in [0.3, 0.4) is 0 Å². The Labute approximate surface area is 178 Å². The number of aromatic nitrogens is 2. The van der Waals surface area contributed by atoms with Crippen LogP contribution < -0.4 is 10.9 Å². The molecule has 1 saturated carbocycles. The molecule has 0 radical (unpaired) electrons. The van der Waals surface area contributed by atoms with Gasteiger partial charge in [-0.2, -0.15) is 0 Å². The Bertz CT molecular complexity index is 1100. The van der Waals surface area contributed by atoms with E-state index >= 15 is 0 Å². The van der Waals surface area contributed by atoms with Gasteiger partial charge in [-0.3, -0.25) is 14.2 Å². The van der Waals surface area contributed by atoms with Crippen LogP contribution in [0, 0.1) is 11.8 Å². The molecule has 0 saturated heterocycles. The molecule has 2 aromatic carbocycles. The Morgan fingerprint density at radius 3 is 2.62 bits per heavy atom. The third-order valence-corrected chi connectivity index (χ3v) is 6.14. The number of carbonyl (C=O) groups is 1. The molecule has 0 spiro atoms. The SMILES string of the molecule is O=C(Nc1ccc(Cl)cc1Cl)C1CCC(Cn2cnc3ccccc3c2=O)CC1. The molecule has 29 heavy (non-hydrogen) atoms. The Kier molecular flexibility index (Phi) is 5.88. The summed E-state index contributed by atoms with van der Waals surface area (Å²) in [4.78, 5) is 29.7. The Morgan fingerprint density at radius 1 is 1.10 bits per heavy atom. The first kappa shape index (κ1) is 19.9. The van der Waals surface area contributed by atoms with Crippen LogP contribution in [0.2, 0.25) is 10.0 Å². The topological polar surface area (TPSA) is 64.0 Å². The summed E-state index contributed by atoms with van der Waals surface area (Å²) in [5, 5.41) is 4.52. The van der Waals surface area contributed by atoms with Gasteiger partial charge in [0.15, 0.2) is 0 Å². The van der Waals surface area contributed by atoms with Crippen molar-refractivity contribution in [3.05, 3.63) is 69.2 Å². The van der Waals surface area contributed by atoms with Crippen LogP contribution in [0.25, 0.3) is 10.9 Å². The highest BCUT2D eigenvalue weighted by Crippen LogP contribution is 2.32. The van der Waals surface area contributed by atoms with Crippen molar-refractivity contribution in [1.29, 1.82) is 0 Å². The number of fused-ring (bicyclic) bond motifs is 1. The van der Waals surface area contributed by atoms with Gasteiger partial charge in [0, 0.05) is 17.5 Å². The maximum atomic E-state index is 12.7. The number of rotatable bonds is 4. The van der Waals surface area contributed by atoms with E-state index in [0.29, 0.717) is 33.6 Å². The van der Waals surface area contributed by atoms with Crippen LogP contribution in [0.1, 0.15) is 25.7 Å². The number of carbonyl (C=O) groups excluding carboxylic acids is 1. The van der Waals surface area contributed by atoms with Gasteiger partial charge in [0.1, 0.15) is 0 Å². The molecule has 1 aliphatic rings. The second-order valence-corrected chi connectivity index (χ2v) is 8.39. The van der Waals surface area contributed by atoms with Crippen molar-refractivity contribution >= 4 is 45.7 Å². The smallest absolute Gasteiger partial charge is 0.261 e. The number of para-hydroxylation sites is 1. The largest absolute Gasteiger partial charge is 0.325 e. The molecule has 7 heteroatoms. The third-order valence-electron chi connectivity index (χ3n) is 5.59. The van der Waals surface area contributed by atoms with Crippen LogP contribution in [0.5, 0.6) is 0 Å². The van der Waals surface area contributed by atoms with Crippen molar-refractivity contribution < 1.29 is 4.79 Å². The van der Waals surface area contributed by atoms with Crippen LogP contribution in [-0.4, -0.2) is 15.5 Å². The van der Waals surface area contributed by atoms with Crippen LogP contribution >= 0.6 is 23.2 Å². The average molecular weight is 430 g/mol. The van der Waals surface area contributed by atoms with Gasteiger partial charge >= 0.3 is 0 Å². The van der Waals surface area contributed by atoms with E-state index in [4.69, 9.17) is 23.2 Å². The zero-order valence-corrected chi connectivity index (χ0v) is 17.3. The molecule has 3 aromatic rings. The Balaban J connectivity index is 1.36. The van der Waals surface area contributed by atoms with Crippen molar-refractivity contribution in [2.75, 3.05) is 5.32 Å². The molecule has 150 valence electrons. The van der Waals surface area contributed by atoms with E-state index in [1.54, 1.807) is 29.1 Å². The summed E-state index contributed by atoms with van der Waals surface area (Å²) < 4.78 is 1.70. The van der Waals surface area contributed by atoms with Crippen LogP contribution in [0.4, 0.5) is 5.69 Å². The second kappa shape index (κ2) is 8.56. The standard InChI is InChI=1S/C22H21Cl2N3O2/c23-16-9-10-20(18(24)11-16)26-21(28)15-7-5-14(6-8-15)12-27-13-25-19-4-2-1-3-17(19)22(27)29/h1-4,9-11,13-15H,5-8,12H2,(H,26,28). The normalized spacial score (nSPS) is 19.2. The number of hydrogen-bond acceptors (Lipinski definition) is 3. The molecular formula is C22H21Cl2N3O2. The van der Waals surface area contributed by atoms with E-state index in [1.807, 2.05) is 24.3 Å². The quantitative estimate of drug-likeness (QED) is 0.623. The highest BCUT2D eigenvalue weighted by Gasteiger charge is 2.27. The van der Waals surface area contributed by atoms with Gasteiger partial charge in [0.25, 0.3) is 5.56 Å². The first-order valence-electron chi connectivity index (χ1n) is 9.71. The summed E-state index contributed by atoms with van der Waals surface area (Å²) in [6, 6.07) is 12.4. The summed E-state index contributed by atoms with van der Waals surface area (Å²) in [6.45, 7) is 0.633.